The van der Waals surface area contributed by atoms with E-state index < -0.39 is 0 Å². The Morgan fingerprint density at radius 1 is 0.824 bits per heavy atom. The summed E-state index contributed by atoms with van der Waals surface area (Å²) >= 11 is 1.58. The molecule has 0 aromatic heterocycles. The predicted molar refractivity (Wildman–Crippen MR) is 133 cm³/mol. The van der Waals surface area contributed by atoms with E-state index in [0.29, 0.717) is 56.2 Å². The summed E-state index contributed by atoms with van der Waals surface area (Å²) in [6, 6.07) is 25.4. The zero-order chi connectivity index (χ0) is 23.3. The summed E-state index contributed by atoms with van der Waals surface area (Å²) in [6.07, 6.45) is 1.33. The highest BCUT2D eigenvalue weighted by atomic mass is 32.2. The number of ether oxygens (including phenoxy) is 2. The quantitative estimate of drug-likeness (QED) is 0.354. The van der Waals surface area contributed by atoms with Crippen LogP contribution < -0.4 is 9.47 Å². The van der Waals surface area contributed by atoms with Gasteiger partial charge in [-0.05, 0) is 48.7 Å². The highest BCUT2D eigenvalue weighted by Gasteiger charge is 2.32. The van der Waals surface area contributed by atoms with Crippen molar-refractivity contribution in [3.8, 4) is 11.5 Å². The van der Waals surface area contributed by atoms with E-state index in [9.17, 15) is 9.59 Å². The predicted octanol–water partition coefficient (Wildman–Crippen LogP) is 5.41. The summed E-state index contributed by atoms with van der Waals surface area (Å²) in [5, 5.41) is -0.311. The van der Waals surface area contributed by atoms with Crippen molar-refractivity contribution in [2.45, 2.75) is 23.0 Å². The van der Waals surface area contributed by atoms with E-state index in [1.807, 2.05) is 77.7 Å². The van der Waals surface area contributed by atoms with Gasteiger partial charge >= 0.3 is 0 Å². The molecule has 1 unspecified atom stereocenters. The number of hydrogen-bond donors (Lipinski definition) is 0. The Balaban J connectivity index is 1.26. The molecule has 174 valence electrons. The molecule has 3 aromatic rings. The normalized spacial score (nSPS) is 16.6. The number of piperidine rings is 1. The number of benzene rings is 3. The summed E-state index contributed by atoms with van der Waals surface area (Å²) in [6.45, 7) is 2.19. The molecule has 2 aliphatic heterocycles. The maximum Gasteiger partial charge on any atom is 0.240 e. The Kier molecular flexibility index (Phi) is 6.86. The molecule has 34 heavy (non-hydrogen) atoms. The molecular weight excluding hydrogens is 446 g/mol. The van der Waals surface area contributed by atoms with Crippen LogP contribution in [-0.2, 0) is 4.79 Å². The number of likely N-dealkylation sites (tertiary alicyclic amines) is 1. The monoisotopic (exact) mass is 473 g/mol. The van der Waals surface area contributed by atoms with Gasteiger partial charge in [0.25, 0.3) is 0 Å². The first-order chi connectivity index (χ1) is 16.7. The minimum atomic E-state index is -0.311. The SMILES string of the molecule is O=C(c1ccc2c(c1)OCCO2)C1CCN(C(=O)C(Sc2ccccc2)c2ccccc2)CC1. The lowest BCUT2D eigenvalue weighted by Gasteiger charge is -2.34. The molecule has 0 N–H and O–H groups in total. The molecule has 1 amide bonds. The number of rotatable bonds is 6. The molecule has 6 heteroatoms. The van der Waals surface area contributed by atoms with Crippen LogP contribution in [0.25, 0.3) is 0 Å². The first kappa shape index (κ1) is 22.5. The zero-order valence-electron chi connectivity index (χ0n) is 18.9. The number of amides is 1. The molecular formula is C28H27NO4S. The summed E-state index contributed by atoms with van der Waals surface area (Å²) in [5.74, 6) is 1.44. The van der Waals surface area contributed by atoms with Crippen molar-refractivity contribution in [1.82, 2.24) is 4.90 Å². The fourth-order valence-electron chi connectivity index (χ4n) is 4.48. The Morgan fingerprint density at radius 2 is 1.47 bits per heavy atom. The molecule has 0 bridgehead atoms. The summed E-state index contributed by atoms with van der Waals surface area (Å²) in [7, 11) is 0. The van der Waals surface area contributed by atoms with Crippen molar-refractivity contribution in [3.63, 3.8) is 0 Å². The number of fused-ring (bicyclic) bond motifs is 1. The van der Waals surface area contributed by atoms with Gasteiger partial charge in [0.2, 0.25) is 5.91 Å². The third kappa shape index (κ3) is 4.97. The van der Waals surface area contributed by atoms with Crippen LogP contribution in [0.2, 0.25) is 0 Å². The fourth-order valence-corrected chi connectivity index (χ4v) is 5.61. The van der Waals surface area contributed by atoms with Gasteiger partial charge in [0.1, 0.15) is 18.5 Å². The van der Waals surface area contributed by atoms with Gasteiger partial charge in [0.15, 0.2) is 17.3 Å². The molecule has 0 radical (unpaired) electrons. The fraction of sp³-hybridized carbons (Fsp3) is 0.286. The highest BCUT2D eigenvalue weighted by molar-refractivity contribution is 8.00. The van der Waals surface area contributed by atoms with Crippen LogP contribution in [0.3, 0.4) is 0 Å². The minimum Gasteiger partial charge on any atom is -0.486 e. The summed E-state index contributed by atoms with van der Waals surface area (Å²) in [5.41, 5.74) is 1.65. The van der Waals surface area contributed by atoms with Crippen LogP contribution in [0.5, 0.6) is 11.5 Å². The topological polar surface area (TPSA) is 55.8 Å². The smallest absolute Gasteiger partial charge is 0.240 e. The van der Waals surface area contributed by atoms with Crippen LogP contribution in [0.1, 0.15) is 34.0 Å². The zero-order valence-corrected chi connectivity index (χ0v) is 19.7. The number of hydrogen-bond acceptors (Lipinski definition) is 5. The van der Waals surface area contributed by atoms with Crippen molar-refractivity contribution in [2.75, 3.05) is 26.3 Å². The molecule has 1 atom stereocenters. The molecule has 1 fully saturated rings. The molecule has 0 aliphatic carbocycles. The molecule has 5 rings (SSSR count). The number of nitrogens with zero attached hydrogens (tertiary/aromatic N) is 1. The van der Waals surface area contributed by atoms with Gasteiger partial charge in [-0.15, -0.1) is 11.8 Å². The molecule has 1 saturated heterocycles. The van der Waals surface area contributed by atoms with Crippen molar-refractivity contribution < 1.29 is 19.1 Å². The lowest BCUT2D eigenvalue weighted by Crippen LogP contribution is -2.42. The average Bonchev–Trinajstić information content (AvgIpc) is 2.92. The van der Waals surface area contributed by atoms with E-state index in [-0.39, 0.29) is 22.9 Å². The van der Waals surface area contributed by atoms with E-state index in [1.165, 1.54) is 0 Å². The van der Waals surface area contributed by atoms with E-state index >= 15 is 0 Å². The Hall–Kier alpha value is -3.25. The van der Waals surface area contributed by atoms with Crippen LogP contribution >= 0.6 is 11.8 Å². The molecule has 2 aliphatic rings. The first-order valence-corrected chi connectivity index (χ1v) is 12.6. The first-order valence-electron chi connectivity index (χ1n) is 11.7. The van der Waals surface area contributed by atoms with E-state index in [0.717, 1.165) is 10.5 Å². The van der Waals surface area contributed by atoms with Crippen molar-refractivity contribution in [3.05, 3.63) is 90.0 Å². The van der Waals surface area contributed by atoms with Crippen LogP contribution in [0, 0.1) is 5.92 Å². The number of ketones is 1. The highest BCUT2D eigenvalue weighted by Crippen LogP contribution is 2.38. The van der Waals surface area contributed by atoms with Crippen molar-refractivity contribution >= 4 is 23.5 Å². The van der Waals surface area contributed by atoms with Gasteiger partial charge in [0.05, 0.1) is 0 Å². The van der Waals surface area contributed by atoms with E-state index in [1.54, 1.807) is 17.8 Å². The van der Waals surface area contributed by atoms with Crippen molar-refractivity contribution in [1.29, 1.82) is 0 Å². The lowest BCUT2D eigenvalue weighted by atomic mass is 9.88. The molecule has 5 nitrogen and oxygen atoms in total. The summed E-state index contributed by atoms with van der Waals surface area (Å²) in [4.78, 5) is 29.7. The third-order valence-electron chi connectivity index (χ3n) is 6.33. The number of thioether (sulfide) groups is 1. The summed E-state index contributed by atoms with van der Waals surface area (Å²) < 4.78 is 11.2. The van der Waals surface area contributed by atoms with Crippen LogP contribution in [0.15, 0.2) is 83.8 Å². The maximum absolute atomic E-state index is 13.6. The second kappa shape index (κ2) is 10.3. The number of Topliss-reactive ketones (excluding diaryl/α,β-unsaturated/α-hetero) is 1. The van der Waals surface area contributed by atoms with Gasteiger partial charge < -0.3 is 14.4 Å². The largest absolute Gasteiger partial charge is 0.486 e. The second-order valence-electron chi connectivity index (χ2n) is 8.54. The average molecular weight is 474 g/mol. The Bertz CT molecular complexity index is 1140. The third-order valence-corrected chi connectivity index (χ3v) is 7.58. The van der Waals surface area contributed by atoms with Gasteiger partial charge in [-0.2, -0.15) is 0 Å². The Labute approximate surface area is 204 Å². The molecule has 3 aromatic carbocycles. The number of carbonyl (C=O) groups is 2. The standard InChI is InChI=1S/C28H27NO4S/c30-26(22-11-12-24-25(19-22)33-18-17-32-24)20-13-15-29(16-14-20)28(31)27(21-7-3-1-4-8-21)34-23-9-5-2-6-10-23/h1-12,19-20,27H,13-18H2. The molecule has 0 spiro atoms. The maximum atomic E-state index is 13.6. The molecule has 2 heterocycles. The van der Waals surface area contributed by atoms with Gasteiger partial charge in [-0.1, -0.05) is 48.5 Å². The lowest BCUT2D eigenvalue weighted by molar-refractivity contribution is -0.131. The van der Waals surface area contributed by atoms with E-state index in [4.69, 9.17) is 9.47 Å². The van der Waals surface area contributed by atoms with Gasteiger partial charge in [-0.25, -0.2) is 0 Å². The second-order valence-corrected chi connectivity index (χ2v) is 9.72. The van der Waals surface area contributed by atoms with Gasteiger partial charge in [-0.3, -0.25) is 9.59 Å². The minimum absolute atomic E-state index is 0.0939. The van der Waals surface area contributed by atoms with Gasteiger partial charge in [0, 0.05) is 29.5 Å². The van der Waals surface area contributed by atoms with Crippen molar-refractivity contribution in [2.24, 2.45) is 5.92 Å². The Morgan fingerprint density at radius 3 is 2.18 bits per heavy atom. The van der Waals surface area contributed by atoms with Crippen LogP contribution in [-0.4, -0.2) is 42.9 Å². The molecule has 0 saturated carbocycles. The number of carbonyl (C=O) groups excluding carboxylic acids is 2. The van der Waals surface area contributed by atoms with E-state index in [2.05, 4.69) is 0 Å². The van der Waals surface area contributed by atoms with Crippen LogP contribution in [0.4, 0.5) is 0 Å².